The number of ether oxygens (including phenoxy) is 4. The topological polar surface area (TPSA) is 77.4 Å². The highest BCUT2D eigenvalue weighted by Gasteiger charge is 2.25. The van der Waals surface area contributed by atoms with Gasteiger partial charge in [-0.3, -0.25) is 0 Å². The molecular weight excluding hydrogens is 276 g/mol. The zero-order valence-corrected chi connectivity index (χ0v) is 12.8. The Labute approximate surface area is 126 Å². The van der Waals surface area contributed by atoms with Crippen LogP contribution in [-0.2, 0) is 18.9 Å². The first-order valence-electron chi connectivity index (χ1n) is 7.97. The van der Waals surface area contributed by atoms with Crippen molar-refractivity contribution in [3.8, 4) is 0 Å². The number of unbranched alkanes of at least 4 members (excludes halogenated alkanes) is 2. The fourth-order valence-corrected chi connectivity index (χ4v) is 2.63. The van der Waals surface area contributed by atoms with Crippen LogP contribution >= 0.6 is 0 Å². The summed E-state index contributed by atoms with van der Waals surface area (Å²) in [4.78, 5) is 0. The maximum absolute atomic E-state index is 9.31. The maximum Gasteiger partial charge on any atom is 0.160 e. The van der Waals surface area contributed by atoms with E-state index in [2.05, 4.69) is 6.92 Å². The lowest BCUT2D eigenvalue weighted by atomic mass is 10.0. The predicted molar refractivity (Wildman–Crippen MR) is 75.6 cm³/mol. The van der Waals surface area contributed by atoms with Crippen LogP contribution in [0, 0.1) is 5.92 Å². The van der Waals surface area contributed by atoms with Crippen molar-refractivity contribution >= 4 is 0 Å². The summed E-state index contributed by atoms with van der Waals surface area (Å²) in [5.41, 5.74) is 0. The van der Waals surface area contributed by atoms with Gasteiger partial charge in [0, 0.05) is 5.92 Å². The minimum absolute atomic E-state index is 0.155. The minimum Gasteiger partial charge on any atom is -0.388 e. The molecule has 0 radical (unpaired) electrons. The van der Waals surface area contributed by atoms with Crippen molar-refractivity contribution in [2.45, 2.75) is 63.8 Å². The summed E-state index contributed by atoms with van der Waals surface area (Å²) >= 11 is 0. The van der Waals surface area contributed by atoms with Crippen molar-refractivity contribution in [2.75, 3.05) is 26.4 Å². The Morgan fingerprint density at radius 2 is 1.43 bits per heavy atom. The molecule has 2 fully saturated rings. The van der Waals surface area contributed by atoms with Gasteiger partial charge in [-0.15, -0.1) is 0 Å². The Kier molecular flexibility index (Phi) is 7.36. The fraction of sp³-hybridized carbons (Fsp3) is 1.00. The highest BCUT2D eigenvalue weighted by Crippen LogP contribution is 2.21. The third-order valence-corrected chi connectivity index (χ3v) is 3.92. The van der Waals surface area contributed by atoms with E-state index in [1.807, 2.05) is 0 Å². The molecular formula is C15H28O6. The van der Waals surface area contributed by atoms with Gasteiger partial charge in [-0.2, -0.15) is 0 Å². The molecule has 0 aromatic heterocycles. The van der Waals surface area contributed by atoms with Gasteiger partial charge >= 0.3 is 0 Å². The summed E-state index contributed by atoms with van der Waals surface area (Å²) in [6, 6.07) is 0. The Hall–Kier alpha value is -0.240. The van der Waals surface area contributed by atoms with Crippen LogP contribution in [0.15, 0.2) is 0 Å². The lowest BCUT2D eigenvalue weighted by Crippen LogP contribution is -2.38. The molecule has 2 N–H and O–H groups in total. The average Bonchev–Trinajstić information content (AvgIpc) is 2.49. The molecule has 0 amide bonds. The molecule has 0 aromatic rings. The highest BCUT2D eigenvalue weighted by atomic mass is 16.7. The average molecular weight is 304 g/mol. The number of aliphatic hydroxyl groups is 2. The van der Waals surface area contributed by atoms with Gasteiger partial charge in [0.25, 0.3) is 0 Å². The van der Waals surface area contributed by atoms with Gasteiger partial charge in [0.2, 0.25) is 0 Å². The largest absolute Gasteiger partial charge is 0.388 e. The molecule has 0 saturated carbocycles. The van der Waals surface area contributed by atoms with Crippen LogP contribution < -0.4 is 0 Å². The third-order valence-electron chi connectivity index (χ3n) is 3.92. The normalized spacial score (nSPS) is 35.6. The second kappa shape index (κ2) is 9.02. The maximum atomic E-state index is 9.31. The summed E-state index contributed by atoms with van der Waals surface area (Å²) in [6.45, 7) is 3.62. The molecule has 2 rings (SSSR count). The Balaban J connectivity index is 1.47. The van der Waals surface area contributed by atoms with Crippen molar-refractivity contribution in [1.82, 2.24) is 0 Å². The Bertz CT molecular complexity index is 271. The number of rotatable bonds is 7. The van der Waals surface area contributed by atoms with E-state index < -0.39 is 12.2 Å². The van der Waals surface area contributed by atoms with E-state index in [-0.39, 0.29) is 12.6 Å². The standard InChI is InChI=1S/C15H28O6/c1-11(15-20-9-13(17)10-21-15)5-3-2-4-6-14-18-7-12(16)8-19-14/h11-17H,2-10H2,1H3. The molecule has 2 aliphatic rings. The first-order chi connectivity index (χ1) is 10.1. The minimum atomic E-state index is -0.484. The van der Waals surface area contributed by atoms with Gasteiger partial charge < -0.3 is 29.2 Å². The van der Waals surface area contributed by atoms with E-state index in [9.17, 15) is 10.2 Å². The molecule has 21 heavy (non-hydrogen) atoms. The zero-order valence-electron chi connectivity index (χ0n) is 12.8. The van der Waals surface area contributed by atoms with E-state index in [1.54, 1.807) is 0 Å². The van der Waals surface area contributed by atoms with Gasteiger partial charge in [0.15, 0.2) is 12.6 Å². The summed E-state index contributed by atoms with van der Waals surface area (Å²) in [7, 11) is 0. The van der Waals surface area contributed by atoms with Gasteiger partial charge in [-0.05, 0) is 19.3 Å². The molecule has 124 valence electrons. The van der Waals surface area contributed by atoms with E-state index in [4.69, 9.17) is 18.9 Å². The van der Waals surface area contributed by atoms with Gasteiger partial charge in [-0.1, -0.05) is 19.8 Å². The van der Waals surface area contributed by atoms with Gasteiger partial charge in [0.1, 0.15) is 12.2 Å². The number of hydrogen-bond acceptors (Lipinski definition) is 6. The Morgan fingerprint density at radius 1 is 0.857 bits per heavy atom. The summed E-state index contributed by atoms with van der Waals surface area (Å²) in [6.07, 6.45) is 3.91. The molecule has 6 nitrogen and oxygen atoms in total. The number of hydrogen-bond donors (Lipinski definition) is 2. The molecule has 2 heterocycles. The van der Waals surface area contributed by atoms with E-state index in [1.165, 1.54) is 0 Å². The zero-order chi connectivity index (χ0) is 15.1. The molecule has 6 heteroatoms. The van der Waals surface area contributed by atoms with Crippen molar-refractivity contribution < 1.29 is 29.2 Å². The molecule has 2 saturated heterocycles. The first-order valence-corrected chi connectivity index (χ1v) is 7.97. The second-order valence-corrected chi connectivity index (χ2v) is 6.05. The van der Waals surface area contributed by atoms with Crippen molar-refractivity contribution in [1.29, 1.82) is 0 Å². The van der Waals surface area contributed by atoms with Crippen molar-refractivity contribution in [3.05, 3.63) is 0 Å². The van der Waals surface area contributed by atoms with Gasteiger partial charge in [0.05, 0.1) is 26.4 Å². The lowest BCUT2D eigenvalue weighted by Gasteiger charge is -2.30. The van der Waals surface area contributed by atoms with Crippen molar-refractivity contribution in [2.24, 2.45) is 5.92 Å². The van der Waals surface area contributed by atoms with Crippen LogP contribution in [0.2, 0.25) is 0 Å². The van der Waals surface area contributed by atoms with Crippen LogP contribution in [0.3, 0.4) is 0 Å². The molecule has 0 spiro atoms. The first kappa shape index (κ1) is 17.1. The number of aliphatic hydroxyl groups excluding tert-OH is 2. The van der Waals surface area contributed by atoms with E-state index in [0.29, 0.717) is 32.3 Å². The highest BCUT2D eigenvalue weighted by molar-refractivity contribution is 4.66. The van der Waals surface area contributed by atoms with E-state index in [0.717, 1.165) is 32.1 Å². The molecule has 0 bridgehead atoms. The molecule has 1 unspecified atom stereocenters. The van der Waals surface area contributed by atoms with Crippen LogP contribution in [0.25, 0.3) is 0 Å². The monoisotopic (exact) mass is 304 g/mol. The Morgan fingerprint density at radius 3 is 2.05 bits per heavy atom. The van der Waals surface area contributed by atoms with Crippen molar-refractivity contribution in [3.63, 3.8) is 0 Å². The van der Waals surface area contributed by atoms with E-state index >= 15 is 0 Å². The van der Waals surface area contributed by atoms with Crippen LogP contribution in [0.5, 0.6) is 0 Å². The summed E-state index contributed by atoms with van der Waals surface area (Å²) < 4.78 is 21.7. The quantitative estimate of drug-likeness (QED) is 0.684. The molecule has 2 aliphatic heterocycles. The lowest BCUT2D eigenvalue weighted by molar-refractivity contribution is -0.236. The summed E-state index contributed by atoms with van der Waals surface area (Å²) in [5.74, 6) is 0.342. The molecule has 0 aromatic carbocycles. The van der Waals surface area contributed by atoms with Crippen LogP contribution in [-0.4, -0.2) is 61.4 Å². The summed E-state index contributed by atoms with van der Waals surface area (Å²) in [5, 5.41) is 18.6. The molecule has 0 aliphatic carbocycles. The SMILES string of the molecule is CC(CCCCCC1OCC(O)CO1)C1OCC(O)CO1. The third kappa shape index (κ3) is 6.18. The second-order valence-electron chi connectivity index (χ2n) is 6.05. The molecule has 1 atom stereocenters. The van der Waals surface area contributed by atoms with Crippen LogP contribution in [0.1, 0.15) is 39.0 Å². The van der Waals surface area contributed by atoms with Gasteiger partial charge in [-0.25, -0.2) is 0 Å². The smallest absolute Gasteiger partial charge is 0.160 e. The predicted octanol–water partition coefficient (Wildman–Crippen LogP) is 1.04. The van der Waals surface area contributed by atoms with Crippen LogP contribution in [0.4, 0.5) is 0 Å². The fourth-order valence-electron chi connectivity index (χ4n) is 2.63.